The van der Waals surface area contributed by atoms with Gasteiger partial charge in [-0.15, -0.1) is 0 Å². The van der Waals surface area contributed by atoms with Gasteiger partial charge in [0.05, 0.1) is 32.5 Å². The number of nitrogens with one attached hydrogen (secondary N) is 4. The number of nitrogens with zero attached hydrogens (tertiary/aromatic N) is 8. The molecule has 11 amide bonds. The van der Waals surface area contributed by atoms with Crippen LogP contribution in [0.1, 0.15) is 163 Å². The Labute approximate surface area is 574 Å². The standard InChI is InChI=1S/C70H126N12O14/c1-26-28-29-45(13)59(83)58-63(87)73-51(27-2)66(90)75(19)50(18)65(89)80(24)57(46(14)38-95-34-32-82-33-35-96-39-47(82)15)62(86)74-55(43(9)10)69(93)76(20)52(31-30-40(3)4)61(85)71-48(16)60(84)72-49(17)64(88)77(21)53(36-41(5)6)67(91)78(22)54(37-42(7)8)68(92)79(23)56(44(11)12)70(94)81(58)25/h26,28,40-59,83H,27,29-39H2,1-25H3,(H,71,85)(H,72,84)(H,73,87)(H,74,86)/b28-26+/t45-,46-,47+,48+,49-,50-,51+,52+,53+,54+,55+,56+,57+,58+,59-/m1/s1. The monoisotopic (exact) mass is 1360 g/mol. The number of aliphatic hydroxyl groups excluding tert-OH is 1. The number of aliphatic hydroxyl groups is 1. The number of hydrogen-bond donors (Lipinski definition) is 5. The first-order chi connectivity index (χ1) is 44.6. The van der Waals surface area contributed by atoms with E-state index in [9.17, 15) is 29.1 Å². The maximum Gasteiger partial charge on any atom is 0.246 e. The van der Waals surface area contributed by atoms with Crippen molar-refractivity contribution in [1.29, 1.82) is 0 Å². The fraction of sp³-hybridized carbons (Fsp3) is 0.814. The molecule has 0 radical (unpaired) electrons. The smallest absolute Gasteiger partial charge is 0.246 e. The normalized spacial score (nSPS) is 28.2. The van der Waals surface area contributed by atoms with Crippen molar-refractivity contribution in [2.45, 2.75) is 242 Å². The van der Waals surface area contributed by atoms with E-state index in [0.29, 0.717) is 39.1 Å². The molecule has 0 unspecified atom stereocenters. The van der Waals surface area contributed by atoms with Crippen LogP contribution in [0.2, 0.25) is 0 Å². The summed E-state index contributed by atoms with van der Waals surface area (Å²) in [7, 11) is 9.96. The van der Waals surface area contributed by atoms with Gasteiger partial charge in [-0.05, 0) is 109 Å². The van der Waals surface area contributed by atoms with Crippen LogP contribution in [0.4, 0.5) is 0 Å². The number of hydrogen-bond acceptors (Lipinski definition) is 15. The van der Waals surface area contributed by atoms with Crippen molar-refractivity contribution in [3.05, 3.63) is 12.2 Å². The van der Waals surface area contributed by atoms with E-state index in [1.807, 2.05) is 47.6 Å². The number of likely N-dealkylation sites (N-methyl/N-ethyl adjacent to an activating group) is 7. The molecule has 0 aromatic heterocycles. The third kappa shape index (κ3) is 23.7. The molecule has 0 aliphatic carbocycles. The summed E-state index contributed by atoms with van der Waals surface area (Å²) in [6.45, 7) is 34.3. The summed E-state index contributed by atoms with van der Waals surface area (Å²) in [5.41, 5.74) is 0. The van der Waals surface area contributed by atoms with Crippen LogP contribution >= 0.6 is 0 Å². The van der Waals surface area contributed by atoms with Gasteiger partial charge in [-0.2, -0.15) is 0 Å². The van der Waals surface area contributed by atoms with Crippen LogP contribution in [0.15, 0.2) is 12.2 Å². The van der Waals surface area contributed by atoms with Crippen molar-refractivity contribution in [1.82, 2.24) is 60.5 Å². The molecule has 2 fully saturated rings. The molecule has 26 nitrogen and oxygen atoms in total. The van der Waals surface area contributed by atoms with Crippen molar-refractivity contribution in [3.8, 4) is 0 Å². The Bertz CT molecular complexity index is 2620. The Kier molecular flexibility index (Phi) is 35.7. The SMILES string of the molecule is C/C=C/C[C@@H](C)[C@@H](O)[C@H]1C(=O)N[C@@H](CC)C(=O)N(C)[C@H](C)C(=O)N(C)[C@@H]([C@H](C)COCCN2CCOC[C@@H]2C)C(=O)N[C@@H](C(C)C)C(=O)N(C)[C@@H](CCC(C)C)C(=O)N[C@@H](C)C(=O)N[C@H](C)C(=O)N(C)[C@@H](CC(C)C)C(=O)N(C)[C@@H](CC(C)C)C(=O)N(C)[C@@H](C(C)C)C(=O)N1C. The summed E-state index contributed by atoms with van der Waals surface area (Å²) in [5.74, 6) is -10.4. The highest BCUT2D eigenvalue weighted by atomic mass is 16.5. The second kappa shape index (κ2) is 40.0. The fourth-order valence-corrected chi connectivity index (χ4v) is 12.5. The second-order valence-corrected chi connectivity index (χ2v) is 29.1. The lowest BCUT2D eigenvalue weighted by molar-refractivity contribution is -0.157. The topological polar surface area (TPSA) is 300 Å². The van der Waals surface area contributed by atoms with Crippen LogP contribution in [-0.4, -0.2) is 277 Å². The molecule has 0 bridgehead atoms. The Morgan fingerprint density at radius 2 is 1.05 bits per heavy atom. The Balaban J connectivity index is 3.04. The maximum absolute atomic E-state index is 15.3. The van der Waals surface area contributed by atoms with E-state index in [-0.39, 0.29) is 62.7 Å². The average molecular weight is 1360 g/mol. The number of carbonyl (C=O) groups excluding carboxylic acids is 11. The number of ether oxygens (including phenoxy) is 2. The number of amides is 11. The summed E-state index contributed by atoms with van der Waals surface area (Å²) in [6.07, 6.45) is 3.28. The second-order valence-electron chi connectivity index (χ2n) is 29.1. The van der Waals surface area contributed by atoms with Crippen molar-refractivity contribution in [2.75, 3.05) is 88.9 Å². The molecule has 2 aliphatic heterocycles. The molecule has 0 spiro atoms. The summed E-state index contributed by atoms with van der Waals surface area (Å²) in [5, 5.41) is 23.4. The van der Waals surface area contributed by atoms with Crippen molar-refractivity contribution in [2.24, 2.45) is 41.4 Å². The van der Waals surface area contributed by atoms with Gasteiger partial charge in [-0.3, -0.25) is 57.6 Å². The van der Waals surface area contributed by atoms with Gasteiger partial charge in [0.15, 0.2) is 0 Å². The van der Waals surface area contributed by atoms with Gasteiger partial charge in [0.2, 0.25) is 65.0 Å². The quantitative estimate of drug-likeness (QED) is 0.0863. The van der Waals surface area contributed by atoms with Gasteiger partial charge < -0.3 is 70.1 Å². The first kappa shape index (κ1) is 85.8. The molecule has 2 saturated heterocycles. The zero-order valence-electron chi connectivity index (χ0n) is 63.0. The van der Waals surface area contributed by atoms with Gasteiger partial charge >= 0.3 is 0 Å². The van der Waals surface area contributed by atoms with Gasteiger partial charge in [0.25, 0.3) is 0 Å². The van der Waals surface area contributed by atoms with E-state index in [2.05, 4.69) is 33.1 Å². The first-order valence-electron chi connectivity index (χ1n) is 34.9. The third-order valence-electron chi connectivity index (χ3n) is 19.1. The summed E-state index contributed by atoms with van der Waals surface area (Å²) in [4.78, 5) is 175. The van der Waals surface area contributed by atoms with Crippen LogP contribution in [-0.2, 0) is 62.2 Å². The molecular weight excluding hydrogens is 1230 g/mol. The van der Waals surface area contributed by atoms with Crippen molar-refractivity contribution >= 4 is 65.0 Å². The first-order valence-corrected chi connectivity index (χ1v) is 34.9. The van der Waals surface area contributed by atoms with Gasteiger partial charge in [-0.1, -0.05) is 102 Å². The predicted molar refractivity (Wildman–Crippen MR) is 370 cm³/mol. The summed E-state index contributed by atoms with van der Waals surface area (Å²) < 4.78 is 11.8. The Morgan fingerprint density at radius 1 is 0.542 bits per heavy atom. The van der Waals surface area contributed by atoms with Crippen LogP contribution < -0.4 is 21.3 Å². The molecule has 0 aromatic rings. The Hall–Kier alpha value is -6.25. The molecular formula is C70H126N12O14. The summed E-state index contributed by atoms with van der Waals surface area (Å²) >= 11 is 0. The lowest BCUT2D eigenvalue weighted by Gasteiger charge is -2.41. The van der Waals surface area contributed by atoms with E-state index in [0.717, 1.165) is 9.80 Å². The maximum atomic E-state index is 15.3. The van der Waals surface area contributed by atoms with E-state index >= 15 is 28.8 Å². The van der Waals surface area contributed by atoms with Crippen LogP contribution in [0.3, 0.4) is 0 Å². The minimum Gasteiger partial charge on any atom is -0.390 e. The lowest BCUT2D eigenvalue weighted by Crippen LogP contribution is -2.64. The van der Waals surface area contributed by atoms with Gasteiger partial charge in [0.1, 0.15) is 66.5 Å². The van der Waals surface area contributed by atoms with Crippen molar-refractivity contribution < 1.29 is 67.3 Å². The van der Waals surface area contributed by atoms with E-state index in [4.69, 9.17) is 9.47 Å². The Morgan fingerprint density at radius 3 is 1.56 bits per heavy atom. The summed E-state index contributed by atoms with van der Waals surface area (Å²) in [6, 6.07) is -13.9. The molecule has 2 aliphatic rings. The number of allylic oxidation sites excluding steroid dienone is 2. The predicted octanol–water partition coefficient (Wildman–Crippen LogP) is 3.37. The minimum absolute atomic E-state index is 0.00761. The average Bonchev–Trinajstić information content (AvgIpc) is 0.805. The highest BCUT2D eigenvalue weighted by Crippen LogP contribution is 2.26. The lowest BCUT2D eigenvalue weighted by atomic mass is 9.91. The van der Waals surface area contributed by atoms with Crippen molar-refractivity contribution in [3.63, 3.8) is 0 Å². The number of morpholine rings is 1. The largest absolute Gasteiger partial charge is 0.390 e. The van der Waals surface area contributed by atoms with Gasteiger partial charge in [-0.25, -0.2) is 0 Å². The highest BCUT2D eigenvalue weighted by Gasteiger charge is 2.46. The van der Waals surface area contributed by atoms with Crippen LogP contribution in [0.25, 0.3) is 0 Å². The molecule has 0 saturated carbocycles. The molecule has 15 atom stereocenters. The molecule has 0 aromatic carbocycles. The zero-order chi connectivity index (χ0) is 73.7. The van der Waals surface area contributed by atoms with Gasteiger partial charge in [0, 0.05) is 74.4 Å². The molecule has 550 valence electrons. The third-order valence-corrected chi connectivity index (χ3v) is 19.1. The minimum atomic E-state index is -1.64. The molecule has 2 heterocycles. The molecule has 2 rings (SSSR count). The zero-order valence-corrected chi connectivity index (χ0v) is 63.0. The molecule has 5 N–H and O–H groups in total. The fourth-order valence-electron chi connectivity index (χ4n) is 12.5. The highest BCUT2D eigenvalue weighted by molar-refractivity contribution is 6.00. The van der Waals surface area contributed by atoms with E-state index < -0.39 is 161 Å². The van der Waals surface area contributed by atoms with E-state index in [1.54, 1.807) is 61.5 Å². The van der Waals surface area contributed by atoms with Crippen LogP contribution in [0.5, 0.6) is 0 Å². The molecule has 96 heavy (non-hydrogen) atoms. The number of carbonyl (C=O) groups is 11. The van der Waals surface area contributed by atoms with Crippen LogP contribution in [0, 0.1) is 41.4 Å². The molecule has 26 heteroatoms. The number of rotatable bonds is 20. The van der Waals surface area contributed by atoms with E-state index in [1.165, 1.54) is 94.6 Å².